The lowest BCUT2D eigenvalue weighted by atomic mass is 9.99. The molecule has 0 saturated carbocycles. The van der Waals surface area contributed by atoms with Gasteiger partial charge in [0.25, 0.3) is 0 Å². The number of sulfonamides is 1. The Balaban J connectivity index is 1.58. The molecule has 1 heterocycles. The van der Waals surface area contributed by atoms with E-state index in [1.807, 2.05) is 12.1 Å². The topological polar surface area (TPSA) is 69.7 Å². The number of amides is 1. The van der Waals surface area contributed by atoms with E-state index in [2.05, 4.69) is 29.3 Å². The average Bonchev–Trinajstić information content (AvgIpc) is 2.71. The van der Waals surface area contributed by atoms with Crippen molar-refractivity contribution in [2.24, 2.45) is 5.92 Å². The normalized spacial score (nSPS) is 16.9. The Kier molecular flexibility index (Phi) is 7.26. The van der Waals surface area contributed by atoms with Gasteiger partial charge < -0.3 is 10.2 Å². The summed E-state index contributed by atoms with van der Waals surface area (Å²) in [6, 6.07) is 14.5. The number of rotatable bonds is 7. The summed E-state index contributed by atoms with van der Waals surface area (Å²) in [4.78, 5) is 14.8. The van der Waals surface area contributed by atoms with Crippen molar-refractivity contribution in [1.82, 2.24) is 5.32 Å². The van der Waals surface area contributed by atoms with Gasteiger partial charge in [-0.15, -0.1) is 0 Å². The molecular weight excluding hydrogens is 422 g/mol. The van der Waals surface area contributed by atoms with Crippen LogP contribution in [0.1, 0.15) is 25.3 Å². The second kappa shape index (κ2) is 9.71. The first kappa shape index (κ1) is 22.4. The third-order valence-corrected chi connectivity index (χ3v) is 6.64. The van der Waals surface area contributed by atoms with E-state index in [9.17, 15) is 13.2 Å². The lowest BCUT2D eigenvalue weighted by molar-refractivity contribution is -0.119. The summed E-state index contributed by atoms with van der Waals surface area (Å²) in [5.74, 6) is 0.334. The minimum atomic E-state index is -3.61. The van der Waals surface area contributed by atoms with E-state index >= 15 is 0 Å². The van der Waals surface area contributed by atoms with Crippen LogP contribution in [-0.4, -0.2) is 40.2 Å². The fourth-order valence-electron chi connectivity index (χ4n) is 3.64. The van der Waals surface area contributed by atoms with Crippen LogP contribution >= 0.6 is 11.6 Å². The molecule has 2 aromatic carbocycles. The van der Waals surface area contributed by atoms with Gasteiger partial charge >= 0.3 is 0 Å². The highest BCUT2D eigenvalue weighted by atomic mass is 35.5. The highest BCUT2D eigenvalue weighted by molar-refractivity contribution is 7.92. The van der Waals surface area contributed by atoms with Gasteiger partial charge in [-0.05, 0) is 60.7 Å². The van der Waals surface area contributed by atoms with Crippen LogP contribution in [0.5, 0.6) is 0 Å². The number of halogens is 1. The monoisotopic (exact) mass is 449 g/mol. The molecule has 0 aromatic heterocycles. The first-order valence-electron chi connectivity index (χ1n) is 10.1. The summed E-state index contributed by atoms with van der Waals surface area (Å²) in [5, 5.41) is 3.30. The van der Waals surface area contributed by atoms with Crippen LogP contribution in [0.25, 0.3) is 0 Å². The molecule has 1 aliphatic rings. The highest BCUT2D eigenvalue weighted by Crippen LogP contribution is 2.23. The quantitative estimate of drug-likeness (QED) is 0.700. The van der Waals surface area contributed by atoms with Gasteiger partial charge in [-0.3, -0.25) is 9.10 Å². The van der Waals surface area contributed by atoms with E-state index < -0.39 is 10.0 Å². The number of carbonyl (C=O) groups is 1. The van der Waals surface area contributed by atoms with E-state index in [-0.39, 0.29) is 12.5 Å². The number of nitrogens with zero attached hydrogens (tertiary/aromatic N) is 2. The number of hydrogen-bond donors (Lipinski definition) is 1. The first-order chi connectivity index (χ1) is 14.2. The van der Waals surface area contributed by atoms with E-state index in [1.165, 1.54) is 18.5 Å². The van der Waals surface area contributed by atoms with E-state index in [0.29, 0.717) is 23.2 Å². The van der Waals surface area contributed by atoms with Crippen molar-refractivity contribution in [3.05, 3.63) is 59.1 Å². The molecule has 0 radical (unpaired) electrons. The lowest BCUT2D eigenvalue weighted by Crippen LogP contribution is -2.40. The van der Waals surface area contributed by atoms with Gasteiger partial charge in [-0.2, -0.15) is 0 Å². The largest absolute Gasteiger partial charge is 0.371 e. The zero-order chi connectivity index (χ0) is 21.7. The average molecular weight is 450 g/mol. The van der Waals surface area contributed by atoms with Crippen LogP contribution in [0.2, 0.25) is 5.02 Å². The Bertz CT molecular complexity index is 962. The predicted molar refractivity (Wildman–Crippen MR) is 123 cm³/mol. The molecule has 8 heteroatoms. The van der Waals surface area contributed by atoms with Crippen LogP contribution in [0.15, 0.2) is 48.5 Å². The van der Waals surface area contributed by atoms with Crippen molar-refractivity contribution < 1.29 is 13.2 Å². The smallest absolute Gasteiger partial charge is 0.241 e. The highest BCUT2D eigenvalue weighted by Gasteiger charge is 2.21. The molecular formula is C22H28ClN3O3S. The maximum Gasteiger partial charge on any atom is 0.241 e. The number of anilines is 2. The summed E-state index contributed by atoms with van der Waals surface area (Å²) in [6.07, 6.45) is 3.57. The fourth-order valence-corrected chi connectivity index (χ4v) is 4.63. The number of hydrogen-bond acceptors (Lipinski definition) is 4. The van der Waals surface area contributed by atoms with Crippen molar-refractivity contribution in [2.45, 2.75) is 26.3 Å². The van der Waals surface area contributed by atoms with E-state index in [1.54, 1.807) is 24.3 Å². The summed E-state index contributed by atoms with van der Waals surface area (Å²) >= 11 is 5.87. The van der Waals surface area contributed by atoms with Gasteiger partial charge in [0.2, 0.25) is 15.9 Å². The van der Waals surface area contributed by atoms with Gasteiger partial charge in [0.15, 0.2) is 0 Å². The van der Waals surface area contributed by atoms with Crippen molar-refractivity contribution in [3.63, 3.8) is 0 Å². The molecule has 1 fully saturated rings. The van der Waals surface area contributed by atoms with Gasteiger partial charge in [0.1, 0.15) is 6.54 Å². The second-order valence-electron chi connectivity index (χ2n) is 7.88. The lowest BCUT2D eigenvalue weighted by Gasteiger charge is -2.32. The van der Waals surface area contributed by atoms with Crippen LogP contribution in [0.3, 0.4) is 0 Å². The van der Waals surface area contributed by atoms with Crippen LogP contribution in [-0.2, 0) is 21.4 Å². The van der Waals surface area contributed by atoms with Crippen molar-refractivity contribution in [2.75, 3.05) is 35.1 Å². The molecule has 0 aliphatic carbocycles. The van der Waals surface area contributed by atoms with Crippen molar-refractivity contribution >= 4 is 38.9 Å². The van der Waals surface area contributed by atoms with Crippen LogP contribution < -0.4 is 14.5 Å². The van der Waals surface area contributed by atoms with Gasteiger partial charge in [0, 0.05) is 30.3 Å². The molecule has 0 spiro atoms. The molecule has 6 nitrogen and oxygen atoms in total. The Morgan fingerprint density at radius 2 is 1.83 bits per heavy atom. The zero-order valence-corrected chi connectivity index (χ0v) is 18.9. The molecule has 1 saturated heterocycles. The van der Waals surface area contributed by atoms with Gasteiger partial charge in [-0.1, -0.05) is 30.7 Å². The van der Waals surface area contributed by atoms with E-state index in [0.717, 1.165) is 29.2 Å². The van der Waals surface area contributed by atoms with Gasteiger partial charge in [-0.25, -0.2) is 8.42 Å². The van der Waals surface area contributed by atoms with Gasteiger partial charge in [0.05, 0.1) is 11.9 Å². The summed E-state index contributed by atoms with van der Waals surface area (Å²) < 4.78 is 25.4. The van der Waals surface area contributed by atoms with Crippen LogP contribution in [0.4, 0.5) is 11.4 Å². The standard InChI is InChI=1S/C22H28ClN3O3S/c1-17-4-3-13-25(15-17)20-9-5-18(6-10-20)14-24-22(27)16-26(30(2,28)29)21-11-7-19(23)8-12-21/h5-12,17H,3-4,13-16H2,1-2H3,(H,24,27). The third-order valence-electron chi connectivity index (χ3n) is 5.25. The maximum atomic E-state index is 12.4. The first-order valence-corrected chi connectivity index (χ1v) is 12.3. The number of nitrogens with one attached hydrogen (secondary N) is 1. The third kappa shape index (κ3) is 6.12. The SMILES string of the molecule is CC1CCCN(c2ccc(CNC(=O)CN(c3ccc(Cl)cc3)S(C)(=O)=O)cc2)C1. The predicted octanol–water partition coefficient (Wildman–Crippen LogP) is 3.66. The molecule has 30 heavy (non-hydrogen) atoms. The minimum absolute atomic E-state index is 0.287. The summed E-state index contributed by atoms with van der Waals surface area (Å²) in [7, 11) is -3.61. The molecule has 162 valence electrons. The van der Waals surface area contributed by atoms with Crippen molar-refractivity contribution in [1.29, 1.82) is 0 Å². The second-order valence-corrected chi connectivity index (χ2v) is 10.2. The Labute approximate surface area is 183 Å². The molecule has 3 rings (SSSR count). The molecule has 1 aliphatic heterocycles. The number of benzene rings is 2. The minimum Gasteiger partial charge on any atom is -0.371 e. The molecule has 1 amide bonds. The number of carbonyl (C=O) groups excluding carboxylic acids is 1. The van der Waals surface area contributed by atoms with Crippen molar-refractivity contribution in [3.8, 4) is 0 Å². The number of piperidine rings is 1. The van der Waals surface area contributed by atoms with Crippen LogP contribution in [0, 0.1) is 5.92 Å². The summed E-state index contributed by atoms with van der Waals surface area (Å²) in [6.45, 7) is 4.48. The zero-order valence-electron chi connectivity index (χ0n) is 17.3. The Hall–Kier alpha value is -2.25. The maximum absolute atomic E-state index is 12.4. The van der Waals surface area contributed by atoms with E-state index in [4.69, 9.17) is 11.6 Å². The molecule has 1 N–H and O–H groups in total. The Morgan fingerprint density at radius 3 is 2.43 bits per heavy atom. The molecule has 0 bridgehead atoms. The fraction of sp³-hybridized carbons (Fsp3) is 0.409. The molecule has 2 aromatic rings. The molecule has 1 atom stereocenters. The molecule has 1 unspecified atom stereocenters. The summed E-state index contributed by atoms with van der Waals surface area (Å²) in [5.41, 5.74) is 2.56. The Morgan fingerprint density at radius 1 is 1.17 bits per heavy atom.